The van der Waals surface area contributed by atoms with Crippen LogP contribution in [0.5, 0.6) is 0 Å². The first-order chi connectivity index (χ1) is 8.76. The molecule has 3 heteroatoms. The standard InChI is InChI=1S/C8H15N.C4H9N.C3H7N/c1-2-9-8-6-4-3-5-7-8;1-3-5-4-2;1-3-4-2/h2,8H,3-7H2,1H3;3H,4H2,1-2H3;3H,1-2H3. The Hall–Kier alpha value is -0.990. The largest absolute Gasteiger partial charge is 0.301 e. The molecule has 1 rings (SSSR count). The van der Waals surface area contributed by atoms with Crippen LogP contribution in [0.1, 0.15) is 59.8 Å². The molecule has 0 aromatic carbocycles. The van der Waals surface area contributed by atoms with Gasteiger partial charge in [0.25, 0.3) is 0 Å². The van der Waals surface area contributed by atoms with Crippen LogP contribution in [0.4, 0.5) is 0 Å². The van der Waals surface area contributed by atoms with E-state index in [0.29, 0.717) is 6.04 Å². The highest BCUT2D eigenvalue weighted by atomic mass is 14.8. The average molecular weight is 253 g/mol. The summed E-state index contributed by atoms with van der Waals surface area (Å²) in [4.78, 5) is 11.8. The van der Waals surface area contributed by atoms with Crippen LogP contribution < -0.4 is 0 Å². The summed E-state index contributed by atoms with van der Waals surface area (Å²) in [6.07, 6.45) is 12.4. The van der Waals surface area contributed by atoms with Crippen molar-refractivity contribution in [3.05, 3.63) is 0 Å². The summed E-state index contributed by atoms with van der Waals surface area (Å²) in [6.45, 7) is 8.74. The molecule has 0 atom stereocenters. The number of hydrogen-bond acceptors (Lipinski definition) is 3. The molecule has 1 aliphatic carbocycles. The topological polar surface area (TPSA) is 37.1 Å². The van der Waals surface area contributed by atoms with Gasteiger partial charge in [-0.1, -0.05) is 19.3 Å². The molecule has 1 aliphatic rings. The maximum atomic E-state index is 4.36. The molecule has 0 aromatic rings. The van der Waals surface area contributed by atoms with Crippen LogP contribution in [0.3, 0.4) is 0 Å². The Kier molecular flexibility index (Phi) is 19.8. The van der Waals surface area contributed by atoms with Crippen molar-refractivity contribution in [3.63, 3.8) is 0 Å². The second-order valence-electron chi connectivity index (χ2n) is 3.97. The minimum atomic E-state index is 0.670. The molecule has 0 unspecified atom stereocenters. The summed E-state index contributed by atoms with van der Waals surface area (Å²) in [5.74, 6) is 0. The highest BCUT2D eigenvalue weighted by Gasteiger charge is 2.09. The van der Waals surface area contributed by atoms with Gasteiger partial charge in [-0.15, -0.1) is 0 Å². The normalized spacial score (nSPS) is 16.5. The summed E-state index contributed by atoms with van der Waals surface area (Å²) >= 11 is 0. The van der Waals surface area contributed by atoms with E-state index in [1.54, 1.807) is 19.5 Å². The van der Waals surface area contributed by atoms with Crippen molar-refractivity contribution in [1.29, 1.82) is 0 Å². The Balaban J connectivity index is 0. The van der Waals surface area contributed by atoms with E-state index in [-0.39, 0.29) is 0 Å². The van der Waals surface area contributed by atoms with E-state index in [1.165, 1.54) is 32.1 Å². The van der Waals surface area contributed by atoms with Crippen LogP contribution in [0.15, 0.2) is 15.0 Å². The summed E-state index contributed by atoms with van der Waals surface area (Å²) < 4.78 is 0. The Morgan fingerprint density at radius 2 is 1.50 bits per heavy atom. The van der Waals surface area contributed by atoms with Crippen LogP contribution in [0.2, 0.25) is 0 Å². The van der Waals surface area contributed by atoms with Gasteiger partial charge in [0.15, 0.2) is 0 Å². The maximum Gasteiger partial charge on any atom is 0.0495 e. The first-order valence-corrected chi connectivity index (χ1v) is 7.05. The van der Waals surface area contributed by atoms with E-state index >= 15 is 0 Å². The lowest BCUT2D eigenvalue weighted by atomic mass is 9.96. The van der Waals surface area contributed by atoms with Crippen molar-refractivity contribution in [3.8, 4) is 0 Å². The molecular weight excluding hydrogens is 222 g/mol. The second kappa shape index (κ2) is 18.4. The third kappa shape index (κ3) is 17.4. The zero-order chi connectivity index (χ0) is 14.1. The Morgan fingerprint density at radius 1 is 0.944 bits per heavy atom. The molecule has 18 heavy (non-hydrogen) atoms. The fourth-order valence-electron chi connectivity index (χ4n) is 1.62. The third-order valence-electron chi connectivity index (χ3n) is 2.56. The third-order valence-corrected chi connectivity index (χ3v) is 2.56. The molecule has 106 valence electrons. The van der Waals surface area contributed by atoms with Crippen LogP contribution in [-0.4, -0.2) is 38.3 Å². The average Bonchev–Trinajstić information content (AvgIpc) is 2.42. The van der Waals surface area contributed by atoms with Crippen molar-refractivity contribution in [2.45, 2.75) is 65.8 Å². The molecule has 0 N–H and O–H groups in total. The van der Waals surface area contributed by atoms with Crippen LogP contribution in [-0.2, 0) is 0 Å². The quantitative estimate of drug-likeness (QED) is 0.661. The van der Waals surface area contributed by atoms with Crippen molar-refractivity contribution >= 4 is 18.6 Å². The van der Waals surface area contributed by atoms with Gasteiger partial charge in [-0.3, -0.25) is 9.98 Å². The van der Waals surface area contributed by atoms with E-state index in [9.17, 15) is 0 Å². The molecule has 0 saturated heterocycles. The molecule has 0 heterocycles. The lowest BCUT2D eigenvalue weighted by Crippen LogP contribution is -2.08. The fraction of sp³-hybridized carbons (Fsp3) is 0.800. The van der Waals surface area contributed by atoms with Crippen molar-refractivity contribution in [2.75, 3.05) is 13.6 Å². The lowest BCUT2D eigenvalue weighted by molar-refractivity contribution is 0.444. The van der Waals surface area contributed by atoms with E-state index in [1.807, 2.05) is 33.9 Å². The number of aliphatic imine (C=N–C) groups is 3. The van der Waals surface area contributed by atoms with E-state index in [2.05, 4.69) is 15.0 Å². The molecule has 0 aromatic heterocycles. The van der Waals surface area contributed by atoms with Gasteiger partial charge >= 0.3 is 0 Å². The molecule has 0 radical (unpaired) electrons. The maximum absolute atomic E-state index is 4.36. The summed E-state index contributed by atoms with van der Waals surface area (Å²) in [5.41, 5.74) is 0. The molecular formula is C15H31N3. The Bertz CT molecular complexity index is 210. The summed E-state index contributed by atoms with van der Waals surface area (Å²) in [7, 11) is 1.75. The first kappa shape index (κ1) is 19.4. The van der Waals surface area contributed by atoms with E-state index < -0.39 is 0 Å². The molecule has 0 spiro atoms. The fourth-order valence-corrected chi connectivity index (χ4v) is 1.62. The number of hydrogen-bond donors (Lipinski definition) is 0. The smallest absolute Gasteiger partial charge is 0.0495 e. The van der Waals surface area contributed by atoms with Crippen molar-refractivity contribution in [1.82, 2.24) is 0 Å². The Labute approximate surface area is 114 Å². The summed E-state index contributed by atoms with van der Waals surface area (Å²) in [6, 6.07) is 0.670. The predicted octanol–water partition coefficient (Wildman–Crippen LogP) is 4.21. The second-order valence-corrected chi connectivity index (χ2v) is 3.97. The number of nitrogens with zero attached hydrogens (tertiary/aromatic N) is 3. The SMILES string of the molecule is CC=NC.CC=NC1CCCCC1.CC=NCC. The highest BCUT2D eigenvalue weighted by Crippen LogP contribution is 2.19. The summed E-state index contributed by atoms with van der Waals surface area (Å²) in [5, 5.41) is 0. The Morgan fingerprint density at radius 3 is 1.78 bits per heavy atom. The van der Waals surface area contributed by atoms with Gasteiger partial charge in [0.05, 0.1) is 0 Å². The predicted molar refractivity (Wildman–Crippen MR) is 85.8 cm³/mol. The molecule has 3 nitrogen and oxygen atoms in total. The van der Waals surface area contributed by atoms with E-state index in [0.717, 1.165) is 6.54 Å². The molecule has 0 aliphatic heterocycles. The van der Waals surface area contributed by atoms with Gasteiger partial charge in [-0.2, -0.15) is 0 Å². The van der Waals surface area contributed by atoms with Gasteiger partial charge in [-0.05, 0) is 59.2 Å². The molecule has 0 amide bonds. The van der Waals surface area contributed by atoms with Gasteiger partial charge in [0, 0.05) is 19.6 Å². The van der Waals surface area contributed by atoms with Gasteiger partial charge in [-0.25, -0.2) is 0 Å². The van der Waals surface area contributed by atoms with E-state index in [4.69, 9.17) is 0 Å². The van der Waals surface area contributed by atoms with Crippen LogP contribution in [0, 0.1) is 0 Å². The molecule has 0 bridgehead atoms. The van der Waals surface area contributed by atoms with Crippen molar-refractivity contribution in [2.24, 2.45) is 15.0 Å². The number of rotatable bonds is 2. The minimum Gasteiger partial charge on any atom is -0.301 e. The van der Waals surface area contributed by atoms with Gasteiger partial charge in [0.1, 0.15) is 0 Å². The lowest BCUT2D eigenvalue weighted by Gasteiger charge is -2.16. The van der Waals surface area contributed by atoms with Crippen LogP contribution in [0.25, 0.3) is 0 Å². The van der Waals surface area contributed by atoms with Gasteiger partial charge < -0.3 is 4.99 Å². The molecule has 1 fully saturated rings. The van der Waals surface area contributed by atoms with Crippen molar-refractivity contribution < 1.29 is 0 Å². The minimum absolute atomic E-state index is 0.670. The monoisotopic (exact) mass is 253 g/mol. The zero-order valence-electron chi connectivity index (χ0n) is 12.9. The molecule has 1 saturated carbocycles. The van der Waals surface area contributed by atoms with Crippen LogP contribution >= 0.6 is 0 Å². The highest BCUT2D eigenvalue weighted by molar-refractivity contribution is 5.53. The zero-order valence-corrected chi connectivity index (χ0v) is 12.9. The first-order valence-electron chi connectivity index (χ1n) is 7.05. The van der Waals surface area contributed by atoms with Gasteiger partial charge in [0.2, 0.25) is 0 Å².